The normalized spacial score (nSPS) is 32.9. The molecule has 1 aromatic carbocycles. The van der Waals surface area contributed by atoms with Crippen molar-refractivity contribution in [2.24, 2.45) is 5.92 Å². The van der Waals surface area contributed by atoms with Crippen molar-refractivity contribution in [1.82, 2.24) is 5.32 Å². The standard InChI is InChI=1S/C15H21N/c1-15(2)13(11-6-4-3-5-7-11)10-14(16-15)12-8-9-12/h3-7,12-14,16H,8-10H2,1-2H3/t13-,14+/m0/s1. The molecule has 2 aliphatic rings. The first-order chi connectivity index (χ1) is 7.67. The van der Waals surface area contributed by atoms with E-state index in [1.165, 1.54) is 24.8 Å². The van der Waals surface area contributed by atoms with Crippen LogP contribution in [0.1, 0.15) is 44.6 Å². The van der Waals surface area contributed by atoms with E-state index < -0.39 is 0 Å². The van der Waals surface area contributed by atoms with E-state index in [0.717, 1.165) is 12.0 Å². The molecule has 0 bridgehead atoms. The minimum absolute atomic E-state index is 0.259. The first-order valence-electron chi connectivity index (χ1n) is 6.49. The van der Waals surface area contributed by atoms with Crippen LogP contribution < -0.4 is 5.32 Å². The SMILES string of the molecule is CC1(C)N[C@@H](C2CC2)C[C@H]1c1ccccc1. The van der Waals surface area contributed by atoms with Crippen LogP contribution in [0.2, 0.25) is 0 Å². The van der Waals surface area contributed by atoms with E-state index in [1.807, 2.05) is 0 Å². The molecule has 1 saturated heterocycles. The van der Waals surface area contributed by atoms with Gasteiger partial charge in [0.05, 0.1) is 0 Å². The van der Waals surface area contributed by atoms with E-state index in [1.54, 1.807) is 0 Å². The Hall–Kier alpha value is -0.820. The van der Waals surface area contributed by atoms with E-state index in [2.05, 4.69) is 49.5 Å². The highest BCUT2D eigenvalue weighted by molar-refractivity contribution is 5.26. The molecular formula is C15H21N. The zero-order chi connectivity index (χ0) is 11.2. The Morgan fingerprint density at radius 1 is 1.12 bits per heavy atom. The molecule has 1 aromatic rings. The lowest BCUT2D eigenvalue weighted by molar-refractivity contribution is 0.386. The van der Waals surface area contributed by atoms with Crippen LogP contribution in [0.3, 0.4) is 0 Å². The van der Waals surface area contributed by atoms with Gasteiger partial charge in [0.15, 0.2) is 0 Å². The van der Waals surface area contributed by atoms with Gasteiger partial charge >= 0.3 is 0 Å². The van der Waals surface area contributed by atoms with E-state index in [0.29, 0.717) is 5.92 Å². The fourth-order valence-corrected chi connectivity index (χ4v) is 3.23. The summed E-state index contributed by atoms with van der Waals surface area (Å²) in [5, 5.41) is 3.84. The summed E-state index contributed by atoms with van der Waals surface area (Å²) in [4.78, 5) is 0. The molecule has 1 heterocycles. The van der Waals surface area contributed by atoms with Crippen molar-refractivity contribution in [2.45, 2.75) is 50.6 Å². The van der Waals surface area contributed by atoms with Crippen molar-refractivity contribution >= 4 is 0 Å². The van der Waals surface area contributed by atoms with Crippen LogP contribution >= 0.6 is 0 Å². The highest BCUT2D eigenvalue weighted by Gasteiger charge is 2.45. The van der Waals surface area contributed by atoms with Crippen molar-refractivity contribution in [3.05, 3.63) is 35.9 Å². The number of hydrogen-bond donors (Lipinski definition) is 1. The molecule has 86 valence electrons. The van der Waals surface area contributed by atoms with Crippen LogP contribution in [0.5, 0.6) is 0 Å². The molecule has 2 fully saturated rings. The van der Waals surface area contributed by atoms with Crippen molar-refractivity contribution in [3.8, 4) is 0 Å². The second kappa shape index (κ2) is 3.59. The molecule has 0 amide bonds. The predicted molar refractivity (Wildman–Crippen MR) is 67.5 cm³/mol. The zero-order valence-electron chi connectivity index (χ0n) is 10.2. The van der Waals surface area contributed by atoms with Gasteiger partial charge in [0.25, 0.3) is 0 Å². The van der Waals surface area contributed by atoms with Gasteiger partial charge < -0.3 is 5.32 Å². The molecule has 0 radical (unpaired) electrons. The van der Waals surface area contributed by atoms with E-state index >= 15 is 0 Å². The largest absolute Gasteiger partial charge is 0.308 e. The molecular weight excluding hydrogens is 194 g/mol. The highest BCUT2D eigenvalue weighted by Crippen LogP contribution is 2.45. The molecule has 16 heavy (non-hydrogen) atoms. The average molecular weight is 215 g/mol. The molecule has 0 unspecified atom stereocenters. The van der Waals surface area contributed by atoms with Gasteiger partial charge in [-0.15, -0.1) is 0 Å². The van der Waals surface area contributed by atoms with Gasteiger partial charge in [0.2, 0.25) is 0 Å². The summed E-state index contributed by atoms with van der Waals surface area (Å²) in [5.41, 5.74) is 1.76. The molecule has 1 aliphatic heterocycles. The van der Waals surface area contributed by atoms with E-state index in [4.69, 9.17) is 0 Å². The van der Waals surface area contributed by atoms with Crippen LogP contribution in [-0.2, 0) is 0 Å². The van der Waals surface area contributed by atoms with Crippen molar-refractivity contribution in [2.75, 3.05) is 0 Å². The minimum atomic E-state index is 0.259. The van der Waals surface area contributed by atoms with E-state index in [9.17, 15) is 0 Å². The Kier molecular flexibility index (Phi) is 2.32. The zero-order valence-corrected chi connectivity index (χ0v) is 10.2. The Morgan fingerprint density at radius 3 is 2.44 bits per heavy atom. The topological polar surface area (TPSA) is 12.0 Å². The quantitative estimate of drug-likeness (QED) is 0.798. The van der Waals surface area contributed by atoms with Gasteiger partial charge in [-0.05, 0) is 44.6 Å². The van der Waals surface area contributed by atoms with Crippen LogP contribution in [0.25, 0.3) is 0 Å². The third kappa shape index (κ3) is 1.78. The Labute approximate surface area is 98.3 Å². The first kappa shape index (κ1) is 10.3. The lowest BCUT2D eigenvalue weighted by atomic mass is 9.83. The summed E-state index contributed by atoms with van der Waals surface area (Å²) < 4.78 is 0. The molecule has 1 heteroatoms. The maximum Gasteiger partial charge on any atom is 0.0196 e. The van der Waals surface area contributed by atoms with E-state index in [-0.39, 0.29) is 5.54 Å². The summed E-state index contributed by atoms with van der Waals surface area (Å²) in [5.74, 6) is 1.65. The minimum Gasteiger partial charge on any atom is -0.308 e. The number of rotatable bonds is 2. The van der Waals surface area contributed by atoms with Gasteiger partial charge in [-0.1, -0.05) is 30.3 Å². The second-order valence-electron chi connectivity index (χ2n) is 6.01. The maximum atomic E-state index is 3.84. The summed E-state index contributed by atoms with van der Waals surface area (Å²) in [7, 11) is 0. The summed E-state index contributed by atoms with van der Waals surface area (Å²) in [6, 6.07) is 11.8. The highest BCUT2D eigenvalue weighted by atomic mass is 15.1. The molecule has 0 spiro atoms. The van der Waals surface area contributed by atoms with Crippen LogP contribution in [0.15, 0.2) is 30.3 Å². The second-order valence-corrected chi connectivity index (χ2v) is 6.01. The summed E-state index contributed by atoms with van der Waals surface area (Å²) >= 11 is 0. The smallest absolute Gasteiger partial charge is 0.0196 e. The average Bonchev–Trinajstić information content (AvgIpc) is 3.05. The third-order valence-corrected chi connectivity index (χ3v) is 4.31. The van der Waals surface area contributed by atoms with Gasteiger partial charge in [-0.3, -0.25) is 0 Å². The van der Waals surface area contributed by atoms with Crippen LogP contribution in [0.4, 0.5) is 0 Å². The monoisotopic (exact) mass is 215 g/mol. The Morgan fingerprint density at radius 2 is 1.81 bits per heavy atom. The molecule has 2 atom stereocenters. The fraction of sp³-hybridized carbons (Fsp3) is 0.600. The Balaban J connectivity index is 1.84. The molecule has 3 rings (SSSR count). The molecule has 0 aromatic heterocycles. The first-order valence-corrected chi connectivity index (χ1v) is 6.49. The molecule has 1 nitrogen and oxygen atoms in total. The fourth-order valence-electron chi connectivity index (χ4n) is 3.23. The maximum absolute atomic E-state index is 3.84. The van der Waals surface area contributed by atoms with Crippen LogP contribution in [-0.4, -0.2) is 11.6 Å². The summed E-state index contributed by atoms with van der Waals surface area (Å²) in [6.07, 6.45) is 4.20. The number of benzene rings is 1. The summed E-state index contributed by atoms with van der Waals surface area (Å²) in [6.45, 7) is 4.71. The van der Waals surface area contributed by atoms with Crippen molar-refractivity contribution in [1.29, 1.82) is 0 Å². The predicted octanol–water partition coefficient (Wildman–Crippen LogP) is 3.32. The third-order valence-electron chi connectivity index (χ3n) is 4.31. The molecule has 1 aliphatic carbocycles. The van der Waals surface area contributed by atoms with Crippen molar-refractivity contribution < 1.29 is 0 Å². The molecule has 1 saturated carbocycles. The molecule has 1 N–H and O–H groups in total. The lowest BCUT2D eigenvalue weighted by Crippen LogP contribution is -2.40. The van der Waals surface area contributed by atoms with Crippen LogP contribution in [0, 0.1) is 5.92 Å². The van der Waals surface area contributed by atoms with Gasteiger partial charge in [0, 0.05) is 17.5 Å². The van der Waals surface area contributed by atoms with Crippen molar-refractivity contribution in [3.63, 3.8) is 0 Å². The number of hydrogen-bond acceptors (Lipinski definition) is 1. The van der Waals surface area contributed by atoms with Gasteiger partial charge in [-0.25, -0.2) is 0 Å². The lowest BCUT2D eigenvalue weighted by Gasteiger charge is -2.27. The Bertz CT molecular complexity index is 364. The van der Waals surface area contributed by atoms with Gasteiger partial charge in [0.1, 0.15) is 0 Å². The number of nitrogens with one attached hydrogen (secondary N) is 1. The van der Waals surface area contributed by atoms with Gasteiger partial charge in [-0.2, -0.15) is 0 Å².